The molecule has 0 radical (unpaired) electrons. The summed E-state index contributed by atoms with van der Waals surface area (Å²) in [5.41, 5.74) is 4.34. The maximum atomic E-state index is 12.9. The van der Waals surface area contributed by atoms with E-state index in [4.69, 9.17) is 11.6 Å². The smallest absolute Gasteiger partial charge is 0.253 e. The van der Waals surface area contributed by atoms with E-state index in [-0.39, 0.29) is 12.3 Å². The molecule has 7 heteroatoms. The van der Waals surface area contributed by atoms with Gasteiger partial charge in [0.15, 0.2) is 5.82 Å². The topological polar surface area (TPSA) is 63.4 Å². The van der Waals surface area contributed by atoms with E-state index in [1.165, 1.54) is 0 Å². The Hall–Kier alpha value is -3.25. The van der Waals surface area contributed by atoms with Crippen molar-refractivity contribution in [1.29, 1.82) is 0 Å². The molecule has 0 atom stereocenters. The highest BCUT2D eigenvalue weighted by Crippen LogP contribution is 2.26. The van der Waals surface area contributed by atoms with Crippen molar-refractivity contribution >= 4 is 23.3 Å². The number of fused-ring (bicyclic) bond motifs is 1. The maximum Gasteiger partial charge on any atom is 0.253 e. The van der Waals surface area contributed by atoms with Crippen LogP contribution >= 0.6 is 11.6 Å². The van der Waals surface area contributed by atoms with Crippen LogP contribution in [0.25, 0.3) is 17.2 Å². The van der Waals surface area contributed by atoms with E-state index in [1.807, 2.05) is 69.4 Å². The first-order valence-electron chi connectivity index (χ1n) is 9.69. The number of hydrogen-bond donors (Lipinski definition) is 0. The van der Waals surface area contributed by atoms with Gasteiger partial charge in [-0.3, -0.25) is 4.79 Å². The fourth-order valence-corrected chi connectivity index (χ4v) is 3.67. The molecule has 0 aliphatic rings. The van der Waals surface area contributed by atoms with Gasteiger partial charge < -0.3 is 4.90 Å². The van der Waals surface area contributed by atoms with Crippen LogP contribution in [0.2, 0.25) is 5.02 Å². The van der Waals surface area contributed by atoms with Crippen LogP contribution < -0.4 is 0 Å². The molecule has 0 saturated carbocycles. The largest absolute Gasteiger partial charge is 0.341 e. The summed E-state index contributed by atoms with van der Waals surface area (Å²) in [5.74, 6) is 1.03. The molecule has 0 aliphatic carbocycles. The summed E-state index contributed by atoms with van der Waals surface area (Å²) in [6.45, 7) is 4.40. The molecule has 0 spiro atoms. The lowest BCUT2D eigenvalue weighted by Crippen LogP contribution is -2.28. The molecule has 152 valence electrons. The van der Waals surface area contributed by atoms with Crippen LogP contribution in [0, 0.1) is 13.8 Å². The second kappa shape index (κ2) is 8.24. The Morgan fingerprint density at radius 1 is 1.03 bits per heavy atom. The van der Waals surface area contributed by atoms with Crippen molar-refractivity contribution in [3.05, 3.63) is 82.1 Å². The molecule has 0 aliphatic heterocycles. The Bertz CT molecular complexity index is 1220. The summed E-state index contributed by atoms with van der Waals surface area (Å²) in [5, 5.41) is 5.18. The van der Waals surface area contributed by atoms with Crippen molar-refractivity contribution in [2.24, 2.45) is 0 Å². The average Bonchev–Trinajstić information content (AvgIpc) is 3.15. The van der Waals surface area contributed by atoms with Gasteiger partial charge in [-0.1, -0.05) is 54.1 Å². The number of carbonyl (C=O) groups is 1. The number of rotatable bonds is 5. The molecular weight excluding hydrogens is 398 g/mol. The van der Waals surface area contributed by atoms with Gasteiger partial charge in [-0.25, -0.2) is 9.50 Å². The van der Waals surface area contributed by atoms with Crippen molar-refractivity contribution in [2.45, 2.75) is 26.8 Å². The average molecular weight is 420 g/mol. The molecule has 0 fully saturated rings. The molecule has 0 N–H and O–H groups in total. The highest BCUT2D eigenvalue weighted by Gasteiger charge is 2.19. The number of benzene rings is 2. The first-order chi connectivity index (χ1) is 14.4. The predicted octanol–water partition coefficient (Wildman–Crippen LogP) is 4.26. The zero-order valence-corrected chi connectivity index (χ0v) is 17.9. The third-order valence-corrected chi connectivity index (χ3v) is 5.51. The van der Waals surface area contributed by atoms with E-state index >= 15 is 0 Å². The standard InChI is InChI=1S/C23H22ClN5O/c1-15-19(13-21(30)28(3)14-17-9-5-4-6-10-17)16(2)29-23(25-15)26-22(27-29)18-11-7-8-12-20(18)24/h4-12H,13-14H2,1-3H3. The number of likely N-dealkylation sites (N-methyl/N-ethyl adjacent to an activating group) is 1. The van der Waals surface area contributed by atoms with Crippen molar-refractivity contribution in [3.63, 3.8) is 0 Å². The second-order valence-corrected chi connectivity index (χ2v) is 7.71. The lowest BCUT2D eigenvalue weighted by atomic mass is 10.1. The van der Waals surface area contributed by atoms with Crippen LogP contribution in [0.1, 0.15) is 22.5 Å². The first kappa shape index (κ1) is 20.0. The third kappa shape index (κ3) is 3.91. The van der Waals surface area contributed by atoms with Gasteiger partial charge in [-0.15, -0.1) is 5.10 Å². The molecule has 4 rings (SSSR count). The van der Waals surface area contributed by atoms with Crippen molar-refractivity contribution in [2.75, 3.05) is 7.05 Å². The molecule has 0 unspecified atom stereocenters. The molecule has 2 heterocycles. The minimum Gasteiger partial charge on any atom is -0.341 e. The zero-order valence-electron chi connectivity index (χ0n) is 17.1. The number of carbonyl (C=O) groups excluding carboxylic acids is 1. The van der Waals surface area contributed by atoms with E-state index in [2.05, 4.69) is 15.1 Å². The zero-order chi connectivity index (χ0) is 21.3. The van der Waals surface area contributed by atoms with E-state index < -0.39 is 0 Å². The van der Waals surface area contributed by atoms with Crippen LogP contribution in [-0.2, 0) is 17.8 Å². The highest BCUT2D eigenvalue weighted by molar-refractivity contribution is 6.33. The van der Waals surface area contributed by atoms with Crippen molar-refractivity contribution < 1.29 is 4.79 Å². The van der Waals surface area contributed by atoms with Gasteiger partial charge in [-0.2, -0.15) is 4.98 Å². The molecule has 6 nitrogen and oxygen atoms in total. The number of halogens is 1. The van der Waals surface area contributed by atoms with Crippen molar-refractivity contribution in [3.8, 4) is 11.4 Å². The van der Waals surface area contributed by atoms with Gasteiger partial charge in [0.2, 0.25) is 5.91 Å². The maximum absolute atomic E-state index is 12.9. The van der Waals surface area contributed by atoms with Crippen molar-refractivity contribution in [1.82, 2.24) is 24.5 Å². The molecule has 2 aromatic carbocycles. The second-order valence-electron chi connectivity index (χ2n) is 7.30. The normalized spacial score (nSPS) is 11.1. The molecule has 1 amide bonds. The molecule has 0 bridgehead atoms. The van der Waals surface area contributed by atoms with E-state index in [1.54, 1.807) is 15.5 Å². The van der Waals surface area contributed by atoms with E-state index in [9.17, 15) is 4.79 Å². The fourth-order valence-electron chi connectivity index (χ4n) is 3.45. The van der Waals surface area contributed by atoms with Gasteiger partial charge >= 0.3 is 0 Å². The minimum atomic E-state index is 0.0256. The number of hydrogen-bond acceptors (Lipinski definition) is 4. The summed E-state index contributed by atoms with van der Waals surface area (Å²) >= 11 is 6.30. The monoisotopic (exact) mass is 419 g/mol. The van der Waals surface area contributed by atoms with E-state index in [0.29, 0.717) is 23.2 Å². The van der Waals surface area contributed by atoms with E-state index in [0.717, 1.165) is 28.1 Å². The first-order valence-corrected chi connectivity index (χ1v) is 10.1. The Morgan fingerprint density at radius 2 is 1.73 bits per heavy atom. The number of nitrogens with zero attached hydrogens (tertiary/aromatic N) is 5. The SMILES string of the molecule is Cc1nc2nc(-c3ccccc3Cl)nn2c(C)c1CC(=O)N(C)Cc1ccccc1. The lowest BCUT2D eigenvalue weighted by Gasteiger charge is -2.18. The minimum absolute atomic E-state index is 0.0256. The van der Waals surface area contributed by atoms with Crippen LogP contribution in [-0.4, -0.2) is 37.4 Å². The fraction of sp³-hybridized carbons (Fsp3) is 0.217. The summed E-state index contributed by atoms with van der Waals surface area (Å²) in [6.07, 6.45) is 0.255. The predicted molar refractivity (Wildman–Crippen MR) is 117 cm³/mol. The molecule has 2 aromatic heterocycles. The van der Waals surface area contributed by atoms with Crippen LogP contribution in [0.15, 0.2) is 54.6 Å². The van der Waals surface area contributed by atoms with Crippen LogP contribution in [0.5, 0.6) is 0 Å². The molecule has 0 saturated heterocycles. The lowest BCUT2D eigenvalue weighted by molar-refractivity contribution is -0.129. The molecule has 30 heavy (non-hydrogen) atoms. The number of aromatic nitrogens is 4. The third-order valence-electron chi connectivity index (χ3n) is 5.18. The summed E-state index contributed by atoms with van der Waals surface area (Å²) in [6, 6.07) is 17.4. The summed E-state index contributed by atoms with van der Waals surface area (Å²) < 4.78 is 1.69. The Morgan fingerprint density at radius 3 is 2.47 bits per heavy atom. The quantitative estimate of drug-likeness (QED) is 0.484. The van der Waals surface area contributed by atoms with Gasteiger partial charge in [-0.05, 0) is 31.5 Å². The van der Waals surface area contributed by atoms with Gasteiger partial charge in [0, 0.05) is 36.1 Å². The number of amides is 1. The number of aryl methyl sites for hydroxylation is 2. The summed E-state index contributed by atoms with van der Waals surface area (Å²) in [4.78, 5) is 23.7. The Kier molecular flexibility index (Phi) is 5.50. The molecular formula is C23H22ClN5O. The van der Waals surface area contributed by atoms with Gasteiger partial charge in [0.1, 0.15) is 0 Å². The van der Waals surface area contributed by atoms with Crippen LogP contribution in [0.3, 0.4) is 0 Å². The van der Waals surface area contributed by atoms with Crippen LogP contribution in [0.4, 0.5) is 0 Å². The van der Waals surface area contributed by atoms with Gasteiger partial charge in [0.05, 0.1) is 11.4 Å². The van der Waals surface area contributed by atoms with Gasteiger partial charge in [0.25, 0.3) is 5.78 Å². The highest BCUT2D eigenvalue weighted by atomic mass is 35.5. The summed E-state index contributed by atoms with van der Waals surface area (Å²) in [7, 11) is 1.82. The Labute approximate surface area is 180 Å². The molecule has 4 aromatic rings. The Balaban J connectivity index is 1.63.